The van der Waals surface area contributed by atoms with Crippen molar-refractivity contribution in [3.63, 3.8) is 0 Å². The van der Waals surface area contributed by atoms with Gasteiger partial charge < -0.3 is 9.64 Å². The standard InChI is InChI=1S/C14H13BrClNO2S/c1-17(7-10-5-13(15)20-9-10)14(18)8-19-12-4-2-3-11(16)6-12/h2-6,9H,7-8H2,1H3. The van der Waals surface area contributed by atoms with E-state index in [2.05, 4.69) is 15.9 Å². The number of hydrogen-bond acceptors (Lipinski definition) is 3. The third-order valence-corrected chi connectivity index (χ3v) is 4.41. The van der Waals surface area contributed by atoms with Crippen LogP contribution in [0, 0.1) is 0 Å². The Morgan fingerprint density at radius 2 is 2.25 bits per heavy atom. The zero-order valence-electron chi connectivity index (χ0n) is 10.8. The molecular weight excluding hydrogens is 362 g/mol. The van der Waals surface area contributed by atoms with Gasteiger partial charge in [0.15, 0.2) is 6.61 Å². The van der Waals surface area contributed by atoms with Gasteiger partial charge >= 0.3 is 0 Å². The first-order chi connectivity index (χ1) is 9.54. The SMILES string of the molecule is CN(Cc1csc(Br)c1)C(=O)COc1cccc(Cl)c1. The van der Waals surface area contributed by atoms with E-state index >= 15 is 0 Å². The number of amides is 1. The summed E-state index contributed by atoms with van der Waals surface area (Å²) >= 11 is 10.9. The van der Waals surface area contributed by atoms with Crippen LogP contribution < -0.4 is 4.74 Å². The van der Waals surface area contributed by atoms with Crippen LogP contribution >= 0.6 is 38.9 Å². The summed E-state index contributed by atoms with van der Waals surface area (Å²) in [5, 5.41) is 2.61. The molecule has 0 bridgehead atoms. The fraction of sp³-hybridized carbons (Fsp3) is 0.214. The lowest BCUT2D eigenvalue weighted by molar-refractivity contribution is -0.132. The molecule has 1 amide bonds. The number of carbonyl (C=O) groups excluding carboxylic acids is 1. The van der Waals surface area contributed by atoms with E-state index in [1.165, 1.54) is 0 Å². The van der Waals surface area contributed by atoms with Gasteiger partial charge in [-0.3, -0.25) is 4.79 Å². The number of carbonyl (C=O) groups is 1. The average Bonchev–Trinajstić information content (AvgIpc) is 2.81. The van der Waals surface area contributed by atoms with Gasteiger partial charge in [-0.1, -0.05) is 17.7 Å². The van der Waals surface area contributed by atoms with Gasteiger partial charge in [0.25, 0.3) is 5.91 Å². The van der Waals surface area contributed by atoms with Crippen molar-refractivity contribution in [2.45, 2.75) is 6.54 Å². The van der Waals surface area contributed by atoms with E-state index in [-0.39, 0.29) is 12.5 Å². The summed E-state index contributed by atoms with van der Waals surface area (Å²) in [5.74, 6) is 0.518. The first kappa shape index (κ1) is 15.4. The molecule has 1 heterocycles. The van der Waals surface area contributed by atoms with E-state index in [4.69, 9.17) is 16.3 Å². The summed E-state index contributed by atoms with van der Waals surface area (Å²) < 4.78 is 6.49. The first-order valence-electron chi connectivity index (χ1n) is 5.90. The Morgan fingerprint density at radius 1 is 1.45 bits per heavy atom. The number of thiophene rings is 1. The number of hydrogen-bond donors (Lipinski definition) is 0. The number of ether oxygens (including phenoxy) is 1. The zero-order valence-corrected chi connectivity index (χ0v) is 14.0. The molecule has 0 fully saturated rings. The Kier molecular flexibility index (Phi) is 5.46. The zero-order chi connectivity index (χ0) is 14.5. The van der Waals surface area contributed by atoms with Crippen molar-refractivity contribution in [3.8, 4) is 5.75 Å². The molecule has 0 atom stereocenters. The van der Waals surface area contributed by atoms with Gasteiger partial charge in [-0.15, -0.1) is 11.3 Å². The third kappa shape index (κ3) is 4.51. The van der Waals surface area contributed by atoms with Gasteiger partial charge in [0.2, 0.25) is 0 Å². The van der Waals surface area contributed by atoms with Crippen molar-refractivity contribution in [2.75, 3.05) is 13.7 Å². The number of benzene rings is 1. The van der Waals surface area contributed by atoms with E-state index in [0.29, 0.717) is 17.3 Å². The predicted molar refractivity (Wildman–Crippen MR) is 85.4 cm³/mol. The van der Waals surface area contributed by atoms with Gasteiger partial charge in [-0.2, -0.15) is 0 Å². The molecule has 0 radical (unpaired) electrons. The van der Waals surface area contributed by atoms with Crippen LogP contribution in [-0.4, -0.2) is 24.5 Å². The highest BCUT2D eigenvalue weighted by molar-refractivity contribution is 9.11. The molecule has 0 saturated carbocycles. The summed E-state index contributed by atoms with van der Waals surface area (Å²) in [6.07, 6.45) is 0. The van der Waals surface area contributed by atoms with Crippen molar-refractivity contribution >= 4 is 44.8 Å². The van der Waals surface area contributed by atoms with Gasteiger partial charge in [0, 0.05) is 18.6 Å². The molecule has 6 heteroatoms. The molecule has 106 valence electrons. The van der Waals surface area contributed by atoms with Crippen LogP contribution in [0.15, 0.2) is 39.5 Å². The first-order valence-corrected chi connectivity index (χ1v) is 7.95. The topological polar surface area (TPSA) is 29.5 Å². The monoisotopic (exact) mass is 373 g/mol. The molecular formula is C14H13BrClNO2S. The Labute approximate surface area is 135 Å². The molecule has 20 heavy (non-hydrogen) atoms. The molecule has 3 nitrogen and oxygen atoms in total. The van der Waals surface area contributed by atoms with Crippen LogP contribution in [0.2, 0.25) is 5.02 Å². The van der Waals surface area contributed by atoms with Gasteiger partial charge in [-0.25, -0.2) is 0 Å². The minimum Gasteiger partial charge on any atom is -0.484 e. The second kappa shape index (κ2) is 7.11. The highest BCUT2D eigenvalue weighted by Gasteiger charge is 2.11. The van der Waals surface area contributed by atoms with Gasteiger partial charge in [-0.05, 0) is 51.1 Å². The average molecular weight is 375 g/mol. The molecule has 0 aliphatic carbocycles. The number of rotatable bonds is 5. The van der Waals surface area contributed by atoms with Crippen LogP contribution in [0.4, 0.5) is 0 Å². The molecule has 2 rings (SSSR count). The summed E-state index contributed by atoms with van der Waals surface area (Å²) in [7, 11) is 1.76. The maximum absolute atomic E-state index is 12.0. The molecule has 0 aliphatic rings. The maximum atomic E-state index is 12.0. The summed E-state index contributed by atoms with van der Waals surface area (Å²) in [6.45, 7) is 0.571. The second-order valence-corrected chi connectivity index (χ2v) is 6.98. The van der Waals surface area contributed by atoms with E-state index in [1.54, 1.807) is 47.5 Å². The smallest absolute Gasteiger partial charge is 0.260 e. The molecule has 0 spiro atoms. The van der Waals surface area contributed by atoms with Crippen molar-refractivity contribution < 1.29 is 9.53 Å². The van der Waals surface area contributed by atoms with E-state index in [1.807, 2.05) is 11.4 Å². The Bertz CT molecular complexity index is 602. The van der Waals surface area contributed by atoms with Crippen molar-refractivity contribution in [1.82, 2.24) is 4.90 Å². The fourth-order valence-corrected chi connectivity index (χ4v) is 2.98. The molecule has 0 unspecified atom stereocenters. The van der Waals surface area contributed by atoms with Crippen molar-refractivity contribution in [3.05, 3.63) is 50.1 Å². The molecule has 1 aromatic carbocycles. The lowest BCUT2D eigenvalue weighted by atomic mass is 10.3. The van der Waals surface area contributed by atoms with E-state index in [9.17, 15) is 4.79 Å². The summed E-state index contributed by atoms with van der Waals surface area (Å²) in [6, 6.07) is 9.01. The van der Waals surface area contributed by atoms with Crippen molar-refractivity contribution in [2.24, 2.45) is 0 Å². The highest BCUT2D eigenvalue weighted by atomic mass is 79.9. The quantitative estimate of drug-likeness (QED) is 0.785. The molecule has 0 N–H and O–H groups in total. The predicted octanol–water partition coefficient (Wildman–Crippen LogP) is 4.20. The van der Waals surface area contributed by atoms with Crippen LogP contribution in [0.1, 0.15) is 5.56 Å². The molecule has 0 saturated heterocycles. The molecule has 2 aromatic rings. The third-order valence-electron chi connectivity index (χ3n) is 2.63. The summed E-state index contributed by atoms with van der Waals surface area (Å²) in [4.78, 5) is 13.6. The van der Waals surface area contributed by atoms with Crippen LogP contribution in [-0.2, 0) is 11.3 Å². The Balaban J connectivity index is 1.85. The normalized spacial score (nSPS) is 10.3. The lowest BCUT2D eigenvalue weighted by Gasteiger charge is -2.16. The van der Waals surface area contributed by atoms with Crippen LogP contribution in [0.5, 0.6) is 5.75 Å². The lowest BCUT2D eigenvalue weighted by Crippen LogP contribution is -2.30. The number of nitrogens with zero attached hydrogens (tertiary/aromatic N) is 1. The largest absolute Gasteiger partial charge is 0.484 e. The van der Waals surface area contributed by atoms with E-state index in [0.717, 1.165) is 9.35 Å². The molecule has 0 aliphatic heterocycles. The maximum Gasteiger partial charge on any atom is 0.260 e. The van der Waals surface area contributed by atoms with Crippen LogP contribution in [0.25, 0.3) is 0 Å². The minimum absolute atomic E-state index is 0.00213. The second-order valence-electron chi connectivity index (χ2n) is 4.25. The summed E-state index contributed by atoms with van der Waals surface area (Å²) in [5.41, 5.74) is 1.10. The minimum atomic E-state index is -0.0766. The number of likely N-dealkylation sites (N-methyl/N-ethyl adjacent to an activating group) is 1. The Morgan fingerprint density at radius 3 is 2.90 bits per heavy atom. The number of halogens is 2. The van der Waals surface area contributed by atoms with Crippen LogP contribution in [0.3, 0.4) is 0 Å². The van der Waals surface area contributed by atoms with Gasteiger partial charge in [0.05, 0.1) is 3.79 Å². The Hall–Kier alpha value is -1.04. The van der Waals surface area contributed by atoms with Crippen molar-refractivity contribution in [1.29, 1.82) is 0 Å². The highest BCUT2D eigenvalue weighted by Crippen LogP contribution is 2.21. The van der Waals surface area contributed by atoms with E-state index < -0.39 is 0 Å². The fourth-order valence-electron chi connectivity index (χ4n) is 1.60. The molecule has 1 aromatic heterocycles. The van der Waals surface area contributed by atoms with Gasteiger partial charge in [0.1, 0.15) is 5.75 Å².